The number of aromatic amines is 1. The van der Waals surface area contributed by atoms with Crippen LogP contribution in [0.3, 0.4) is 0 Å². The Balaban J connectivity index is 1.28. The van der Waals surface area contributed by atoms with Crippen molar-refractivity contribution in [2.45, 2.75) is 29.9 Å². The fourth-order valence-corrected chi connectivity index (χ4v) is 6.87. The lowest BCUT2D eigenvalue weighted by Crippen LogP contribution is -2.56. The summed E-state index contributed by atoms with van der Waals surface area (Å²) in [4.78, 5) is 42.3. The van der Waals surface area contributed by atoms with Gasteiger partial charge in [0.15, 0.2) is 0 Å². The van der Waals surface area contributed by atoms with E-state index in [1.807, 2.05) is 6.07 Å². The molecule has 1 unspecified atom stereocenters. The maximum absolute atomic E-state index is 14.9. The number of hydrogen-bond acceptors (Lipinski definition) is 5. The van der Waals surface area contributed by atoms with Crippen molar-refractivity contribution >= 4 is 56.6 Å². The molecule has 0 bridgehead atoms. The highest BCUT2D eigenvalue weighted by molar-refractivity contribution is 7.87. The SMILES string of the molecule is CC(C)(C(=O)N1CCN(C(=O)c2cc(Cc3n[nH]c(=O)c4ccccc34)ccc2F)CC1)S(=O)c1ccc(Cl)cc1Cl. The largest absolute Gasteiger partial charge is 0.338 e. The van der Waals surface area contributed by atoms with E-state index in [0.717, 1.165) is 0 Å². The molecule has 1 fully saturated rings. The molecule has 0 saturated carbocycles. The predicted octanol–water partition coefficient (Wildman–Crippen LogP) is 4.83. The summed E-state index contributed by atoms with van der Waals surface area (Å²) in [5, 5.41) is 8.45. The molecule has 2 heterocycles. The molecule has 4 aromatic rings. The van der Waals surface area contributed by atoms with Crippen LogP contribution in [0.5, 0.6) is 0 Å². The van der Waals surface area contributed by atoms with E-state index >= 15 is 0 Å². The smallest absolute Gasteiger partial charge is 0.272 e. The predicted molar refractivity (Wildman–Crippen MR) is 161 cm³/mol. The molecule has 1 aromatic heterocycles. The average Bonchev–Trinajstić information content (AvgIpc) is 2.98. The van der Waals surface area contributed by atoms with Crippen molar-refractivity contribution in [2.24, 2.45) is 0 Å². The maximum Gasteiger partial charge on any atom is 0.272 e. The number of H-pyrrole nitrogens is 1. The quantitative estimate of drug-likeness (QED) is 0.329. The summed E-state index contributed by atoms with van der Waals surface area (Å²) in [7, 11) is -1.76. The Bertz CT molecular complexity index is 1790. The Labute approximate surface area is 253 Å². The first-order valence-electron chi connectivity index (χ1n) is 13.2. The van der Waals surface area contributed by atoms with E-state index < -0.39 is 27.3 Å². The molecule has 218 valence electrons. The van der Waals surface area contributed by atoms with E-state index in [1.165, 1.54) is 23.1 Å². The highest BCUT2D eigenvalue weighted by Crippen LogP contribution is 2.31. The Kier molecular flexibility index (Phi) is 8.50. The fraction of sp³-hybridized carbons (Fsp3) is 0.267. The summed E-state index contributed by atoms with van der Waals surface area (Å²) in [5.74, 6) is -1.48. The second-order valence-corrected chi connectivity index (χ2v) is 13.3. The third-order valence-electron chi connectivity index (χ3n) is 7.33. The molecular formula is C30H27Cl2FN4O4S. The van der Waals surface area contributed by atoms with Gasteiger partial charge in [-0.1, -0.05) is 47.5 Å². The highest BCUT2D eigenvalue weighted by atomic mass is 35.5. The number of piperazine rings is 1. The normalized spacial score (nSPS) is 14.7. The molecule has 1 saturated heterocycles. The van der Waals surface area contributed by atoms with Gasteiger partial charge in [-0.25, -0.2) is 9.49 Å². The number of halogens is 3. The fourth-order valence-electron chi connectivity index (χ4n) is 4.99. The molecule has 12 heteroatoms. The molecule has 0 spiro atoms. The molecule has 0 aliphatic carbocycles. The molecule has 2 amide bonds. The first-order chi connectivity index (χ1) is 20.0. The molecule has 0 radical (unpaired) electrons. The standard InChI is InChI=1S/C30H27Cl2FN4O4S/c1-30(2,42(41)26-10-8-19(31)17-23(26)32)29(40)37-13-11-36(12-14-37)28(39)22-15-18(7-9-24(22)33)16-25-20-5-3-4-6-21(20)27(38)35-34-25/h3-10,15,17H,11-14,16H2,1-2H3,(H,35,38). The number of carbonyl (C=O) groups excluding carboxylic acids is 2. The van der Waals surface area contributed by atoms with Crippen LogP contribution in [-0.4, -0.2) is 66.9 Å². The van der Waals surface area contributed by atoms with Gasteiger partial charge in [-0.15, -0.1) is 0 Å². The van der Waals surface area contributed by atoms with E-state index in [2.05, 4.69) is 10.2 Å². The summed E-state index contributed by atoms with van der Waals surface area (Å²) in [5.41, 5.74) is 0.871. The number of carbonyl (C=O) groups is 2. The molecule has 42 heavy (non-hydrogen) atoms. The third kappa shape index (κ3) is 5.84. The van der Waals surface area contributed by atoms with Gasteiger partial charge in [-0.2, -0.15) is 5.10 Å². The van der Waals surface area contributed by atoms with E-state index in [4.69, 9.17) is 23.2 Å². The number of amides is 2. The number of benzene rings is 3. The molecular weight excluding hydrogens is 602 g/mol. The molecule has 1 atom stereocenters. The maximum atomic E-state index is 14.9. The van der Waals surface area contributed by atoms with Gasteiger partial charge in [0.05, 0.1) is 37.4 Å². The number of nitrogens with one attached hydrogen (secondary N) is 1. The Hall–Kier alpha value is -3.60. The summed E-state index contributed by atoms with van der Waals surface area (Å²) >= 11 is 12.2. The van der Waals surface area contributed by atoms with Crippen molar-refractivity contribution in [3.8, 4) is 0 Å². The van der Waals surface area contributed by atoms with Crippen LogP contribution in [0.25, 0.3) is 10.8 Å². The van der Waals surface area contributed by atoms with Gasteiger partial charge in [-0.05, 0) is 55.8 Å². The summed E-state index contributed by atoms with van der Waals surface area (Å²) < 4.78 is 26.9. The van der Waals surface area contributed by atoms with E-state index in [1.54, 1.807) is 55.1 Å². The Morgan fingerprint density at radius 3 is 2.33 bits per heavy atom. The highest BCUT2D eigenvalue weighted by Gasteiger charge is 2.40. The van der Waals surface area contributed by atoms with Crippen LogP contribution in [0.1, 0.15) is 35.5 Å². The lowest BCUT2D eigenvalue weighted by atomic mass is 10.0. The molecule has 1 aliphatic rings. The summed E-state index contributed by atoms with van der Waals surface area (Å²) in [6, 6.07) is 16.0. The number of aromatic nitrogens is 2. The van der Waals surface area contributed by atoms with Gasteiger partial charge in [-0.3, -0.25) is 18.6 Å². The van der Waals surface area contributed by atoms with Gasteiger partial charge < -0.3 is 9.80 Å². The minimum Gasteiger partial charge on any atom is -0.338 e. The van der Waals surface area contributed by atoms with Crippen LogP contribution >= 0.6 is 23.2 Å². The second kappa shape index (κ2) is 11.9. The van der Waals surface area contributed by atoms with Gasteiger partial charge in [0.25, 0.3) is 11.5 Å². The van der Waals surface area contributed by atoms with E-state index in [0.29, 0.717) is 31.9 Å². The molecule has 3 aromatic carbocycles. The minimum absolute atomic E-state index is 0.0835. The van der Waals surface area contributed by atoms with Crippen LogP contribution in [0, 0.1) is 5.82 Å². The van der Waals surface area contributed by atoms with Crippen molar-refractivity contribution < 1.29 is 18.2 Å². The molecule has 5 rings (SSSR count). The van der Waals surface area contributed by atoms with Crippen molar-refractivity contribution in [1.29, 1.82) is 0 Å². The van der Waals surface area contributed by atoms with Crippen molar-refractivity contribution in [1.82, 2.24) is 20.0 Å². The summed E-state index contributed by atoms with van der Waals surface area (Å²) in [6.45, 7) is 3.96. The van der Waals surface area contributed by atoms with Crippen molar-refractivity contribution in [3.05, 3.63) is 104 Å². The number of hydrogen-bond donors (Lipinski definition) is 1. The summed E-state index contributed by atoms with van der Waals surface area (Å²) in [6.07, 6.45) is 0.282. The zero-order valence-corrected chi connectivity index (χ0v) is 25.2. The lowest BCUT2D eigenvalue weighted by Gasteiger charge is -2.38. The number of rotatable bonds is 6. The van der Waals surface area contributed by atoms with Gasteiger partial charge in [0, 0.05) is 43.0 Å². The van der Waals surface area contributed by atoms with E-state index in [9.17, 15) is 23.0 Å². The first-order valence-corrected chi connectivity index (χ1v) is 15.1. The first kappa shape index (κ1) is 29.9. The van der Waals surface area contributed by atoms with Crippen LogP contribution in [-0.2, 0) is 22.0 Å². The van der Waals surface area contributed by atoms with Crippen molar-refractivity contribution in [2.75, 3.05) is 26.2 Å². The average molecular weight is 630 g/mol. The van der Waals surface area contributed by atoms with Gasteiger partial charge in [0.1, 0.15) is 10.6 Å². The Morgan fingerprint density at radius 2 is 1.64 bits per heavy atom. The monoisotopic (exact) mass is 628 g/mol. The lowest BCUT2D eigenvalue weighted by molar-refractivity contribution is -0.134. The van der Waals surface area contributed by atoms with Gasteiger partial charge >= 0.3 is 0 Å². The Morgan fingerprint density at radius 1 is 0.976 bits per heavy atom. The zero-order valence-electron chi connectivity index (χ0n) is 22.8. The molecule has 1 aliphatic heterocycles. The van der Waals surface area contributed by atoms with E-state index in [-0.39, 0.29) is 54.7 Å². The molecule has 1 N–H and O–H groups in total. The topological polar surface area (TPSA) is 103 Å². The van der Waals surface area contributed by atoms with Gasteiger partial charge in [0.2, 0.25) is 5.91 Å². The van der Waals surface area contributed by atoms with Crippen molar-refractivity contribution in [3.63, 3.8) is 0 Å². The van der Waals surface area contributed by atoms with Crippen LogP contribution < -0.4 is 5.56 Å². The second-order valence-electron chi connectivity index (χ2n) is 10.5. The third-order valence-corrected chi connectivity index (χ3v) is 9.85. The minimum atomic E-state index is -1.76. The molecule has 8 nitrogen and oxygen atoms in total. The number of nitrogens with zero attached hydrogens (tertiary/aromatic N) is 3. The zero-order chi connectivity index (χ0) is 30.2. The number of fused-ring (bicyclic) bond motifs is 1. The van der Waals surface area contributed by atoms with Crippen LogP contribution in [0.4, 0.5) is 4.39 Å². The van der Waals surface area contributed by atoms with Crippen LogP contribution in [0.15, 0.2) is 70.4 Å². The van der Waals surface area contributed by atoms with Crippen LogP contribution in [0.2, 0.25) is 10.0 Å².